The van der Waals surface area contributed by atoms with Gasteiger partial charge in [-0.2, -0.15) is 9.49 Å². The Balaban J connectivity index is 1.41. The average Bonchev–Trinajstić information content (AvgIpc) is 3.58. The lowest BCUT2D eigenvalue weighted by Crippen LogP contribution is -2.25. The first-order chi connectivity index (χ1) is 24.0. The van der Waals surface area contributed by atoms with E-state index in [9.17, 15) is 9.18 Å². The number of benzene rings is 3. The summed E-state index contributed by atoms with van der Waals surface area (Å²) in [5, 5.41) is 5.78. The van der Waals surface area contributed by atoms with E-state index in [1.165, 1.54) is 6.07 Å². The van der Waals surface area contributed by atoms with Crippen LogP contribution in [0.5, 0.6) is 5.75 Å². The van der Waals surface area contributed by atoms with Gasteiger partial charge in [0.05, 0.1) is 47.7 Å². The van der Waals surface area contributed by atoms with Gasteiger partial charge in [-0.25, -0.2) is 14.6 Å². The highest BCUT2D eigenvalue weighted by molar-refractivity contribution is 6.09. The summed E-state index contributed by atoms with van der Waals surface area (Å²) in [5.41, 5.74) is 11.9. The molecule has 5 heterocycles. The molecule has 0 radical (unpaired) electrons. The number of pyridine rings is 2. The van der Waals surface area contributed by atoms with E-state index in [0.29, 0.717) is 46.1 Å². The van der Waals surface area contributed by atoms with Gasteiger partial charge in [0.25, 0.3) is 5.56 Å². The second-order valence-corrected chi connectivity index (χ2v) is 12.0. The summed E-state index contributed by atoms with van der Waals surface area (Å²) < 4.78 is 29.6. The van der Waals surface area contributed by atoms with E-state index < -0.39 is 5.95 Å². The molecular weight excluding hydrogens is 621 g/mol. The summed E-state index contributed by atoms with van der Waals surface area (Å²) >= 11 is 0. The topological polar surface area (TPSA) is 123 Å². The Hall–Kier alpha value is -5.94. The number of ether oxygens (including phenoxy) is 2. The number of halogens is 1. The van der Waals surface area contributed by atoms with Crippen molar-refractivity contribution in [1.29, 1.82) is 0 Å². The molecule has 0 aliphatic carbocycles. The number of nitrogens with two attached hydrogens (primary N) is 1. The van der Waals surface area contributed by atoms with Gasteiger partial charge in [-0.1, -0.05) is 30.3 Å². The number of hydrogen-bond acceptors (Lipinski definition) is 8. The molecule has 1 atom stereocenters. The third kappa shape index (κ3) is 5.47. The molecule has 0 saturated carbocycles. The SMILES string of the molecule is COc1ccc(Cn2c(-c3ccncc3)nc3c(-c4cccc(F)n4)cc(-c4cccc5c4cnn5C4CCCCO4)c(N)c3c2=O)cc1. The zero-order valence-corrected chi connectivity index (χ0v) is 26.7. The molecule has 0 amide bonds. The molecule has 8 rings (SSSR count). The molecule has 7 aromatic rings. The molecule has 49 heavy (non-hydrogen) atoms. The maximum absolute atomic E-state index is 14.9. The first-order valence-corrected chi connectivity index (χ1v) is 16.1. The monoisotopic (exact) mass is 653 g/mol. The Morgan fingerprint density at radius 2 is 1.78 bits per heavy atom. The normalized spacial score (nSPS) is 14.8. The van der Waals surface area contributed by atoms with E-state index in [2.05, 4.69) is 9.97 Å². The van der Waals surface area contributed by atoms with Crippen molar-refractivity contribution in [3.63, 3.8) is 0 Å². The van der Waals surface area contributed by atoms with Gasteiger partial charge in [0.1, 0.15) is 11.6 Å². The lowest BCUT2D eigenvalue weighted by molar-refractivity contribution is -0.0366. The first-order valence-electron chi connectivity index (χ1n) is 16.1. The summed E-state index contributed by atoms with van der Waals surface area (Å²) in [6.45, 7) is 0.898. The van der Waals surface area contributed by atoms with Crippen LogP contribution in [-0.4, -0.2) is 43.0 Å². The van der Waals surface area contributed by atoms with Crippen LogP contribution in [0.1, 0.15) is 31.1 Å². The molecule has 3 aromatic carbocycles. The van der Waals surface area contributed by atoms with E-state index >= 15 is 0 Å². The van der Waals surface area contributed by atoms with Crippen LogP contribution in [-0.2, 0) is 11.3 Å². The largest absolute Gasteiger partial charge is 0.497 e. The van der Waals surface area contributed by atoms with Crippen LogP contribution < -0.4 is 16.0 Å². The number of aromatic nitrogens is 6. The molecule has 10 nitrogen and oxygen atoms in total. The summed E-state index contributed by atoms with van der Waals surface area (Å²) in [4.78, 5) is 28.3. The van der Waals surface area contributed by atoms with Crippen molar-refractivity contribution >= 4 is 27.5 Å². The van der Waals surface area contributed by atoms with Crippen molar-refractivity contribution in [2.75, 3.05) is 19.5 Å². The Labute approximate surface area is 280 Å². The van der Waals surface area contributed by atoms with Crippen molar-refractivity contribution < 1.29 is 13.9 Å². The van der Waals surface area contributed by atoms with Crippen LogP contribution in [0.3, 0.4) is 0 Å². The number of anilines is 1. The molecule has 2 N–H and O–H groups in total. The van der Waals surface area contributed by atoms with Gasteiger partial charge in [0, 0.05) is 41.1 Å². The van der Waals surface area contributed by atoms with Crippen molar-refractivity contribution in [2.45, 2.75) is 32.0 Å². The number of rotatable bonds is 7. The Morgan fingerprint density at radius 3 is 2.53 bits per heavy atom. The highest BCUT2D eigenvalue weighted by Crippen LogP contribution is 2.41. The quantitative estimate of drug-likeness (QED) is 0.144. The van der Waals surface area contributed by atoms with E-state index in [1.807, 2.05) is 53.2 Å². The molecule has 1 aliphatic rings. The smallest absolute Gasteiger partial charge is 0.264 e. The van der Waals surface area contributed by atoms with E-state index in [4.69, 9.17) is 25.3 Å². The van der Waals surface area contributed by atoms with Crippen LogP contribution >= 0.6 is 0 Å². The van der Waals surface area contributed by atoms with Gasteiger partial charge in [-0.15, -0.1) is 0 Å². The number of nitrogens with zero attached hydrogens (tertiary/aromatic N) is 6. The van der Waals surface area contributed by atoms with Crippen LogP contribution in [0.25, 0.3) is 55.6 Å². The predicted molar refractivity (Wildman–Crippen MR) is 186 cm³/mol. The number of fused-ring (bicyclic) bond motifs is 2. The second-order valence-electron chi connectivity index (χ2n) is 12.0. The molecule has 1 unspecified atom stereocenters. The van der Waals surface area contributed by atoms with Crippen molar-refractivity contribution in [1.82, 2.24) is 29.3 Å². The van der Waals surface area contributed by atoms with E-state index in [0.717, 1.165) is 41.3 Å². The average molecular weight is 654 g/mol. The molecule has 11 heteroatoms. The molecule has 4 aromatic heterocycles. The van der Waals surface area contributed by atoms with Gasteiger partial charge in [-0.3, -0.25) is 14.3 Å². The standard InChI is InChI=1S/C38H32FN7O3/c1-48-25-13-11-23(12-14-25)22-45-37(24-15-17-41-18-16-24)44-36-28(30-7-5-9-32(39)43-30)20-27(35(40)34(36)38(45)47)26-6-4-8-31-29(26)21-42-46(31)33-10-2-3-19-49-33/h4-9,11-18,20-21,33H,2-3,10,19,22,40H2,1H3. The molecular formula is C38H32FN7O3. The fourth-order valence-electron chi connectivity index (χ4n) is 6.63. The minimum Gasteiger partial charge on any atom is -0.497 e. The molecule has 0 bridgehead atoms. The number of hydrogen-bond donors (Lipinski definition) is 1. The van der Waals surface area contributed by atoms with Gasteiger partial charge in [-0.05, 0) is 78.9 Å². The van der Waals surface area contributed by atoms with Crippen molar-refractivity contribution in [3.05, 3.63) is 119 Å². The minimum absolute atomic E-state index is 0.163. The van der Waals surface area contributed by atoms with Gasteiger partial charge >= 0.3 is 0 Å². The third-order valence-corrected chi connectivity index (χ3v) is 9.06. The summed E-state index contributed by atoms with van der Waals surface area (Å²) in [5.74, 6) is 0.467. The first kappa shape index (κ1) is 30.4. The molecule has 1 aliphatic heterocycles. The third-order valence-electron chi connectivity index (χ3n) is 9.06. The number of nitrogen functional groups attached to an aromatic ring is 1. The van der Waals surface area contributed by atoms with Crippen molar-refractivity contribution in [2.24, 2.45) is 0 Å². The van der Waals surface area contributed by atoms with Crippen LogP contribution in [0.15, 0.2) is 102 Å². The van der Waals surface area contributed by atoms with E-state index in [-0.39, 0.29) is 29.4 Å². The van der Waals surface area contributed by atoms with Crippen LogP contribution in [0, 0.1) is 5.95 Å². The molecule has 1 saturated heterocycles. The van der Waals surface area contributed by atoms with Crippen LogP contribution in [0.2, 0.25) is 0 Å². The highest BCUT2D eigenvalue weighted by Gasteiger charge is 2.25. The lowest BCUT2D eigenvalue weighted by atomic mass is 9.94. The van der Waals surface area contributed by atoms with Gasteiger partial charge < -0.3 is 15.2 Å². The molecule has 0 spiro atoms. The Bertz CT molecular complexity index is 2380. The summed E-state index contributed by atoms with van der Waals surface area (Å²) in [6.07, 6.45) is 7.89. The second kappa shape index (κ2) is 12.6. The zero-order chi connectivity index (χ0) is 33.5. The minimum atomic E-state index is -0.651. The van der Waals surface area contributed by atoms with E-state index in [1.54, 1.807) is 54.5 Å². The predicted octanol–water partition coefficient (Wildman–Crippen LogP) is 7.01. The fraction of sp³-hybridized carbons (Fsp3) is 0.184. The number of methoxy groups -OCH3 is 1. The Morgan fingerprint density at radius 1 is 0.959 bits per heavy atom. The fourth-order valence-corrected chi connectivity index (χ4v) is 6.63. The Kier molecular flexibility index (Phi) is 7.81. The molecule has 1 fully saturated rings. The van der Waals surface area contributed by atoms with Gasteiger partial charge in [0.15, 0.2) is 6.23 Å². The maximum Gasteiger partial charge on any atom is 0.264 e. The molecule has 244 valence electrons. The van der Waals surface area contributed by atoms with Gasteiger partial charge in [0.2, 0.25) is 5.95 Å². The summed E-state index contributed by atoms with van der Waals surface area (Å²) in [7, 11) is 1.61. The maximum atomic E-state index is 14.9. The highest BCUT2D eigenvalue weighted by atomic mass is 19.1. The zero-order valence-electron chi connectivity index (χ0n) is 26.7. The van der Waals surface area contributed by atoms with Crippen LogP contribution in [0.4, 0.5) is 10.1 Å². The lowest BCUT2D eigenvalue weighted by Gasteiger charge is -2.23. The summed E-state index contributed by atoms with van der Waals surface area (Å²) in [6, 6.07) is 23.4. The van der Waals surface area contributed by atoms with Crippen molar-refractivity contribution in [3.8, 4) is 39.5 Å².